The number of rotatable bonds is 4. The van der Waals surface area contributed by atoms with Crippen LogP contribution in [0, 0.1) is 0 Å². The average molecular weight is 296 g/mol. The van der Waals surface area contributed by atoms with Gasteiger partial charge in [-0.1, -0.05) is 0 Å². The molecule has 0 aliphatic carbocycles. The van der Waals surface area contributed by atoms with Crippen molar-refractivity contribution in [1.29, 1.82) is 0 Å². The summed E-state index contributed by atoms with van der Waals surface area (Å²) in [6.07, 6.45) is 0.361. The number of quaternary nitrogens is 2. The molecule has 0 spiro atoms. The van der Waals surface area contributed by atoms with Gasteiger partial charge in [0.05, 0.1) is 25.9 Å². The minimum Gasteiger partial charge on any atom is -1.00 e. The Morgan fingerprint density at radius 3 is 1.14 bits per heavy atom. The molecule has 0 aromatic carbocycles. The summed E-state index contributed by atoms with van der Waals surface area (Å²) in [6, 6.07) is 0. The van der Waals surface area contributed by atoms with Crippen LogP contribution < -0.4 is 40.9 Å². The van der Waals surface area contributed by atoms with E-state index < -0.39 is 11.9 Å². The van der Waals surface area contributed by atoms with Crippen LogP contribution >= 0.6 is 0 Å². The highest BCUT2D eigenvalue weighted by molar-refractivity contribution is 5.66. The number of aliphatic carboxylic acids is 2. The molecule has 0 heterocycles. The van der Waals surface area contributed by atoms with Crippen molar-refractivity contribution < 1.29 is 60.7 Å². The van der Waals surface area contributed by atoms with E-state index in [9.17, 15) is 9.59 Å². The first-order valence-electron chi connectivity index (χ1n) is 3.56. The van der Waals surface area contributed by atoms with E-state index >= 15 is 0 Å². The van der Waals surface area contributed by atoms with Crippen LogP contribution in [0.3, 0.4) is 0 Å². The second-order valence-corrected chi connectivity index (χ2v) is 1.99. The van der Waals surface area contributed by atoms with Gasteiger partial charge in [0.1, 0.15) is 0 Å². The third kappa shape index (κ3) is 41.5. The summed E-state index contributed by atoms with van der Waals surface area (Å²) >= 11 is 0. The molecule has 88 valence electrons. The number of carboxylic acid groups (broad SMARTS) is 2. The zero-order chi connectivity index (χ0) is 9.98. The lowest BCUT2D eigenvalue weighted by atomic mass is 10.5. The van der Waals surface area contributed by atoms with Gasteiger partial charge in [-0.15, -0.1) is 0 Å². The minimum absolute atomic E-state index is 0. The van der Waals surface area contributed by atoms with E-state index in [0.29, 0.717) is 13.1 Å². The van der Waals surface area contributed by atoms with Gasteiger partial charge in [-0.2, -0.15) is 0 Å². The molecule has 0 unspecified atom stereocenters. The van der Waals surface area contributed by atoms with Gasteiger partial charge in [-0.25, -0.2) is 0 Å². The highest BCUT2D eigenvalue weighted by Gasteiger charge is 1.90. The third-order valence-corrected chi connectivity index (χ3v) is 0.781. The molecule has 0 aliphatic heterocycles. The molecule has 0 saturated heterocycles. The van der Waals surface area contributed by atoms with Crippen molar-refractivity contribution in [2.45, 2.75) is 12.8 Å². The Balaban J connectivity index is -0.0000000625. The predicted octanol–water partition coefficient (Wildman–Crippen LogP) is -8.59. The standard InChI is InChI=1S/2C3H7NO2.BrH.ClH/c2*4-2-1-3(5)6;;/h2*1-2,4H2,(H,5,6);2*1H. The van der Waals surface area contributed by atoms with Crippen LogP contribution in [0.25, 0.3) is 0 Å². The molecule has 0 aromatic rings. The van der Waals surface area contributed by atoms with Crippen LogP contribution in [0.4, 0.5) is 0 Å². The topological polar surface area (TPSA) is 130 Å². The average Bonchev–Trinajstić information content (AvgIpc) is 1.87. The van der Waals surface area contributed by atoms with Crippen LogP contribution in [-0.2, 0) is 9.59 Å². The Hall–Kier alpha value is -0.370. The van der Waals surface area contributed by atoms with Crippen molar-refractivity contribution in [2.24, 2.45) is 0 Å². The number of hydrogen-bond donors (Lipinski definition) is 4. The van der Waals surface area contributed by atoms with E-state index in [-0.39, 0.29) is 42.2 Å². The van der Waals surface area contributed by atoms with Gasteiger partial charge >= 0.3 is 11.9 Å². The Labute approximate surface area is 98.8 Å². The lowest BCUT2D eigenvalue weighted by molar-refractivity contribution is -0.367. The lowest BCUT2D eigenvalue weighted by Gasteiger charge is -1.78. The van der Waals surface area contributed by atoms with E-state index in [2.05, 4.69) is 11.5 Å². The van der Waals surface area contributed by atoms with Gasteiger partial charge < -0.3 is 51.1 Å². The molecule has 6 nitrogen and oxygen atoms in total. The normalized spacial score (nSPS) is 7.00. The van der Waals surface area contributed by atoms with Crippen molar-refractivity contribution in [3.05, 3.63) is 0 Å². The summed E-state index contributed by atoms with van der Waals surface area (Å²) in [6.45, 7) is 0.963. The van der Waals surface area contributed by atoms with E-state index in [1.165, 1.54) is 0 Å². The maximum Gasteiger partial charge on any atom is 0.309 e. The summed E-state index contributed by atoms with van der Waals surface area (Å²) < 4.78 is 0. The van der Waals surface area contributed by atoms with E-state index in [1.54, 1.807) is 0 Å². The first kappa shape index (κ1) is 23.4. The van der Waals surface area contributed by atoms with Gasteiger partial charge in [0.15, 0.2) is 0 Å². The van der Waals surface area contributed by atoms with Gasteiger partial charge in [-0.05, 0) is 0 Å². The SMILES string of the molecule is [Br-].[Cl-].[NH3+]CCC(=O)O.[NH3+]CCC(=O)O. The lowest BCUT2D eigenvalue weighted by Crippen LogP contribution is -3.00. The Morgan fingerprint density at radius 2 is 1.14 bits per heavy atom. The molecule has 14 heavy (non-hydrogen) atoms. The van der Waals surface area contributed by atoms with Crippen molar-refractivity contribution in [2.75, 3.05) is 13.1 Å². The molecule has 0 rings (SSSR count). The van der Waals surface area contributed by atoms with E-state index in [1.807, 2.05) is 0 Å². The molecule has 0 atom stereocenters. The molecule has 0 aromatic heterocycles. The van der Waals surface area contributed by atoms with E-state index in [4.69, 9.17) is 10.2 Å². The fourth-order valence-corrected chi connectivity index (χ4v) is 0.302. The number of halogens is 2. The van der Waals surface area contributed by atoms with Crippen LogP contribution in [0.15, 0.2) is 0 Å². The molecule has 8 heteroatoms. The molecular formula is C6H16BrClN2O4. The van der Waals surface area contributed by atoms with Crippen molar-refractivity contribution in [3.8, 4) is 0 Å². The fourth-order valence-electron chi connectivity index (χ4n) is 0.302. The van der Waals surface area contributed by atoms with Crippen molar-refractivity contribution in [1.82, 2.24) is 0 Å². The molecule has 0 bridgehead atoms. The molecule has 0 amide bonds. The maximum atomic E-state index is 9.56. The summed E-state index contributed by atoms with van der Waals surface area (Å²) in [7, 11) is 0. The van der Waals surface area contributed by atoms with Crippen molar-refractivity contribution >= 4 is 11.9 Å². The second-order valence-electron chi connectivity index (χ2n) is 1.99. The number of carbonyl (C=O) groups is 2. The number of carboxylic acids is 2. The molecule has 0 fully saturated rings. The summed E-state index contributed by atoms with van der Waals surface area (Å²) in [5.74, 6) is -1.55. The van der Waals surface area contributed by atoms with Gasteiger partial charge in [0.25, 0.3) is 0 Å². The fraction of sp³-hybridized carbons (Fsp3) is 0.667. The quantitative estimate of drug-likeness (QED) is 0.410. The number of hydrogen-bond acceptors (Lipinski definition) is 2. The maximum absolute atomic E-state index is 9.56. The molecular weight excluding hydrogens is 279 g/mol. The van der Waals surface area contributed by atoms with Crippen LogP contribution in [-0.4, -0.2) is 35.2 Å². The van der Waals surface area contributed by atoms with Crippen LogP contribution in [0.5, 0.6) is 0 Å². The highest BCUT2D eigenvalue weighted by Crippen LogP contribution is 1.66. The monoisotopic (exact) mass is 294 g/mol. The largest absolute Gasteiger partial charge is 1.00 e. The van der Waals surface area contributed by atoms with Crippen molar-refractivity contribution in [3.63, 3.8) is 0 Å². The zero-order valence-electron chi connectivity index (χ0n) is 7.71. The predicted molar refractivity (Wildman–Crippen MR) is 40.0 cm³/mol. The Bertz CT molecular complexity index is 132. The van der Waals surface area contributed by atoms with Gasteiger partial charge in [0.2, 0.25) is 0 Å². The molecule has 0 aliphatic rings. The molecule has 8 N–H and O–H groups in total. The summed E-state index contributed by atoms with van der Waals surface area (Å²) in [5, 5.41) is 15.7. The smallest absolute Gasteiger partial charge is 0.309 e. The summed E-state index contributed by atoms with van der Waals surface area (Å²) in [5.41, 5.74) is 6.69. The van der Waals surface area contributed by atoms with Gasteiger partial charge in [0, 0.05) is 0 Å². The van der Waals surface area contributed by atoms with E-state index in [0.717, 1.165) is 0 Å². The summed E-state index contributed by atoms with van der Waals surface area (Å²) in [4.78, 5) is 19.1. The second kappa shape index (κ2) is 18.4. The molecule has 0 saturated carbocycles. The first-order chi connectivity index (χ1) is 5.54. The van der Waals surface area contributed by atoms with Crippen LogP contribution in [0.2, 0.25) is 0 Å². The van der Waals surface area contributed by atoms with Gasteiger partial charge in [-0.3, -0.25) is 9.59 Å². The Morgan fingerprint density at radius 1 is 0.929 bits per heavy atom. The molecule has 0 radical (unpaired) electrons. The highest BCUT2D eigenvalue weighted by atomic mass is 79.9. The minimum atomic E-state index is -0.773. The Kier molecular flexibility index (Phi) is 30.8. The van der Waals surface area contributed by atoms with Crippen LogP contribution in [0.1, 0.15) is 12.8 Å². The third-order valence-electron chi connectivity index (χ3n) is 0.781. The first-order valence-corrected chi connectivity index (χ1v) is 3.56. The zero-order valence-corrected chi connectivity index (χ0v) is 10.1.